The summed E-state index contributed by atoms with van der Waals surface area (Å²) in [7, 11) is 0. The molecule has 0 bridgehead atoms. The Morgan fingerprint density at radius 3 is 2.67 bits per heavy atom. The van der Waals surface area contributed by atoms with Crippen molar-refractivity contribution in [1.29, 1.82) is 0 Å². The first-order valence-electron chi connectivity index (χ1n) is 5.85. The highest BCUT2D eigenvalue weighted by Crippen LogP contribution is 2.16. The fourth-order valence-electron chi connectivity index (χ4n) is 1.36. The average Bonchev–Trinajstić information content (AvgIpc) is 2.36. The standard InChI is InChI=1S/C13H18N2O3/c1-3-9(2)15-12(16)8-18-11-7-5-4-6-10(11)13(14)17/h4-7,9H,3,8H2,1-2H3,(H2,14,17)(H,15,16)/t9-/m1/s1. The molecule has 3 N–H and O–H groups in total. The number of primary amides is 1. The van der Waals surface area contributed by atoms with E-state index in [1.807, 2.05) is 13.8 Å². The Bertz CT molecular complexity index is 432. The monoisotopic (exact) mass is 250 g/mol. The van der Waals surface area contributed by atoms with Crippen LogP contribution in [0, 0.1) is 0 Å². The number of para-hydroxylation sites is 1. The highest BCUT2D eigenvalue weighted by Gasteiger charge is 2.11. The lowest BCUT2D eigenvalue weighted by Crippen LogP contribution is -2.35. The molecule has 0 fully saturated rings. The van der Waals surface area contributed by atoms with E-state index in [9.17, 15) is 9.59 Å². The van der Waals surface area contributed by atoms with Gasteiger partial charge >= 0.3 is 0 Å². The number of amides is 2. The molecule has 1 atom stereocenters. The molecule has 0 spiro atoms. The lowest BCUT2D eigenvalue weighted by Gasteiger charge is -2.13. The Morgan fingerprint density at radius 1 is 1.39 bits per heavy atom. The molecule has 0 aliphatic carbocycles. The first-order valence-corrected chi connectivity index (χ1v) is 5.85. The van der Waals surface area contributed by atoms with Crippen LogP contribution in [0.2, 0.25) is 0 Å². The van der Waals surface area contributed by atoms with Crippen LogP contribution >= 0.6 is 0 Å². The summed E-state index contributed by atoms with van der Waals surface area (Å²) in [6, 6.07) is 6.67. The van der Waals surface area contributed by atoms with E-state index in [2.05, 4.69) is 5.32 Å². The van der Waals surface area contributed by atoms with Gasteiger partial charge < -0.3 is 15.8 Å². The van der Waals surface area contributed by atoms with Gasteiger partial charge in [0.1, 0.15) is 5.75 Å². The fourth-order valence-corrected chi connectivity index (χ4v) is 1.36. The molecule has 0 heterocycles. The van der Waals surface area contributed by atoms with Gasteiger partial charge in [0.15, 0.2) is 6.61 Å². The molecular formula is C13H18N2O3. The van der Waals surface area contributed by atoms with Crippen molar-refractivity contribution in [2.24, 2.45) is 5.73 Å². The molecule has 0 aliphatic heterocycles. The summed E-state index contributed by atoms with van der Waals surface area (Å²) in [5, 5.41) is 2.77. The van der Waals surface area contributed by atoms with E-state index in [1.54, 1.807) is 24.3 Å². The van der Waals surface area contributed by atoms with Crippen molar-refractivity contribution in [2.45, 2.75) is 26.3 Å². The summed E-state index contributed by atoms with van der Waals surface area (Å²) in [6.07, 6.45) is 0.851. The van der Waals surface area contributed by atoms with Crippen LogP contribution in [0.15, 0.2) is 24.3 Å². The molecule has 1 aromatic carbocycles. The van der Waals surface area contributed by atoms with Crippen molar-refractivity contribution < 1.29 is 14.3 Å². The maximum Gasteiger partial charge on any atom is 0.258 e. The highest BCUT2D eigenvalue weighted by atomic mass is 16.5. The molecule has 18 heavy (non-hydrogen) atoms. The van der Waals surface area contributed by atoms with Gasteiger partial charge in [0.05, 0.1) is 5.56 Å². The van der Waals surface area contributed by atoms with Crippen LogP contribution in [0.5, 0.6) is 5.75 Å². The maximum absolute atomic E-state index is 11.5. The molecule has 1 rings (SSSR count). The van der Waals surface area contributed by atoms with Crippen LogP contribution in [0.25, 0.3) is 0 Å². The smallest absolute Gasteiger partial charge is 0.258 e. The molecule has 98 valence electrons. The number of carbonyl (C=O) groups excluding carboxylic acids is 2. The Labute approximate surface area is 106 Å². The summed E-state index contributed by atoms with van der Waals surface area (Å²) in [4.78, 5) is 22.6. The number of carbonyl (C=O) groups is 2. The summed E-state index contributed by atoms with van der Waals surface area (Å²) < 4.78 is 5.29. The Morgan fingerprint density at radius 2 is 2.06 bits per heavy atom. The summed E-state index contributed by atoms with van der Waals surface area (Å²) in [5.74, 6) is -0.471. The van der Waals surface area contributed by atoms with Gasteiger partial charge in [-0.2, -0.15) is 0 Å². The van der Waals surface area contributed by atoms with Gasteiger partial charge in [-0.05, 0) is 25.5 Å². The molecule has 5 heteroatoms. The van der Waals surface area contributed by atoms with Crippen molar-refractivity contribution in [3.63, 3.8) is 0 Å². The van der Waals surface area contributed by atoms with Crippen molar-refractivity contribution >= 4 is 11.8 Å². The second kappa shape index (κ2) is 6.64. The van der Waals surface area contributed by atoms with Gasteiger partial charge in [-0.25, -0.2) is 0 Å². The number of rotatable bonds is 6. The molecule has 0 saturated heterocycles. The van der Waals surface area contributed by atoms with Gasteiger partial charge in [-0.3, -0.25) is 9.59 Å². The number of benzene rings is 1. The van der Waals surface area contributed by atoms with Gasteiger partial charge in [0, 0.05) is 6.04 Å². The summed E-state index contributed by atoms with van der Waals surface area (Å²) in [5.41, 5.74) is 5.48. The molecule has 0 aliphatic rings. The Kier molecular flexibility index (Phi) is 5.17. The zero-order valence-corrected chi connectivity index (χ0v) is 10.6. The first-order chi connectivity index (χ1) is 8.54. The Hall–Kier alpha value is -2.04. The lowest BCUT2D eigenvalue weighted by molar-refractivity contribution is -0.123. The molecule has 5 nitrogen and oxygen atoms in total. The predicted octanol–water partition coefficient (Wildman–Crippen LogP) is 1.08. The first kappa shape index (κ1) is 14.0. The molecule has 0 radical (unpaired) electrons. The SMILES string of the molecule is CC[C@@H](C)NC(=O)COc1ccccc1C(N)=O. The number of ether oxygens (including phenoxy) is 1. The maximum atomic E-state index is 11.5. The van der Waals surface area contributed by atoms with E-state index in [1.165, 1.54) is 0 Å². The normalized spacial score (nSPS) is 11.7. The molecule has 0 aromatic heterocycles. The van der Waals surface area contributed by atoms with Crippen molar-refractivity contribution in [2.75, 3.05) is 6.61 Å². The van der Waals surface area contributed by atoms with Crippen LogP contribution < -0.4 is 15.8 Å². The minimum atomic E-state index is -0.576. The van der Waals surface area contributed by atoms with Crippen LogP contribution in [0.1, 0.15) is 30.6 Å². The van der Waals surface area contributed by atoms with Crippen LogP contribution in [-0.2, 0) is 4.79 Å². The third-order valence-corrected chi connectivity index (χ3v) is 2.53. The molecule has 1 aromatic rings. The molecule has 0 saturated carbocycles. The van der Waals surface area contributed by atoms with E-state index in [0.29, 0.717) is 5.75 Å². The van der Waals surface area contributed by atoms with E-state index >= 15 is 0 Å². The summed E-state index contributed by atoms with van der Waals surface area (Å²) in [6.45, 7) is 3.76. The summed E-state index contributed by atoms with van der Waals surface area (Å²) >= 11 is 0. The minimum Gasteiger partial charge on any atom is -0.483 e. The number of hydrogen-bond donors (Lipinski definition) is 2. The highest BCUT2D eigenvalue weighted by molar-refractivity contribution is 5.95. The van der Waals surface area contributed by atoms with E-state index in [4.69, 9.17) is 10.5 Å². The zero-order chi connectivity index (χ0) is 13.5. The van der Waals surface area contributed by atoms with E-state index in [0.717, 1.165) is 6.42 Å². The average molecular weight is 250 g/mol. The predicted molar refractivity (Wildman–Crippen MR) is 68.4 cm³/mol. The van der Waals surface area contributed by atoms with Crippen molar-refractivity contribution in [1.82, 2.24) is 5.32 Å². The minimum absolute atomic E-state index is 0.104. The zero-order valence-electron chi connectivity index (χ0n) is 10.6. The fraction of sp³-hybridized carbons (Fsp3) is 0.385. The third kappa shape index (κ3) is 4.08. The van der Waals surface area contributed by atoms with Crippen LogP contribution in [0.3, 0.4) is 0 Å². The topological polar surface area (TPSA) is 81.4 Å². The van der Waals surface area contributed by atoms with Crippen LogP contribution in [0.4, 0.5) is 0 Å². The molecular weight excluding hydrogens is 232 g/mol. The largest absolute Gasteiger partial charge is 0.483 e. The molecule has 2 amide bonds. The Balaban J connectivity index is 2.58. The van der Waals surface area contributed by atoms with Crippen molar-refractivity contribution in [3.8, 4) is 5.75 Å². The van der Waals surface area contributed by atoms with Gasteiger partial charge in [0.25, 0.3) is 11.8 Å². The van der Waals surface area contributed by atoms with E-state index < -0.39 is 5.91 Å². The second-order valence-electron chi connectivity index (χ2n) is 4.03. The van der Waals surface area contributed by atoms with Crippen LogP contribution in [-0.4, -0.2) is 24.5 Å². The van der Waals surface area contributed by atoms with Gasteiger partial charge in [-0.15, -0.1) is 0 Å². The van der Waals surface area contributed by atoms with Gasteiger partial charge in [0.2, 0.25) is 0 Å². The van der Waals surface area contributed by atoms with E-state index in [-0.39, 0.29) is 24.1 Å². The number of nitrogens with one attached hydrogen (secondary N) is 1. The second-order valence-corrected chi connectivity index (χ2v) is 4.03. The quantitative estimate of drug-likeness (QED) is 0.792. The van der Waals surface area contributed by atoms with Gasteiger partial charge in [-0.1, -0.05) is 19.1 Å². The third-order valence-electron chi connectivity index (χ3n) is 2.53. The van der Waals surface area contributed by atoms with Crippen molar-refractivity contribution in [3.05, 3.63) is 29.8 Å². The lowest BCUT2D eigenvalue weighted by atomic mass is 10.2. The number of nitrogens with two attached hydrogens (primary N) is 1. The number of hydrogen-bond acceptors (Lipinski definition) is 3. The molecule has 0 unspecified atom stereocenters.